The van der Waals surface area contributed by atoms with Crippen LogP contribution in [0.15, 0.2) is 59.6 Å². The van der Waals surface area contributed by atoms with Gasteiger partial charge in [-0.1, -0.05) is 19.1 Å². The van der Waals surface area contributed by atoms with Gasteiger partial charge in [-0.2, -0.15) is 4.98 Å². The van der Waals surface area contributed by atoms with Crippen LogP contribution in [0.2, 0.25) is 0 Å². The van der Waals surface area contributed by atoms with E-state index in [-0.39, 0.29) is 16.7 Å². The summed E-state index contributed by atoms with van der Waals surface area (Å²) in [6.07, 6.45) is 3.90. The van der Waals surface area contributed by atoms with E-state index < -0.39 is 20.0 Å². The van der Waals surface area contributed by atoms with Crippen LogP contribution >= 0.6 is 0 Å². The second kappa shape index (κ2) is 11.1. The minimum Gasteiger partial charge on any atom is -0.340 e. The molecule has 1 saturated carbocycles. The fourth-order valence-corrected chi connectivity index (χ4v) is 6.23. The van der Waals surface area contributed by atoms with Crippen molar-refractivity contribution >= 4 is 43.2 Å². The van der Waals surface area contributed by atoms with Crippen molar-refractivity contribution in [1.82, 2.24) is 19.0 Å². The Labute approximate surface area is 218 Å². The third-order valence-corrected chi connectivity index (χ3v) is 9.75. The molecular formula is C25H32N6O4S2. The smallest absolute Gasteiger partial charge is 0.242 e. The van der Waals surface area contributed by atoms with Crippen molar-refractivity contribution in [2.45, 2.75) is 49.8 Å². The highest BCUT2D eigenvalue weighted by molar-refractivity contribution is 7.90. The summed E-state index contributed by atoms with van der Waals surface area (Å²) in [5, 5.41) is 6.13. The standard InChI is InChI=1S/C25H32N6O4S2/c1-4-15-31(3)37(34,35)23-11-9-21(10-12-23)29-25-26-16-18(2)24(30-25)28-20-7-5-19(6-8-20)17-27-36(32,33)22-13-14-22/h5-12,16,22,27H,4,13-15,17H2,1-3H3,(H2,26,28,29,30). The van der Waals surface area contributed by atoms with E-state index in [0.29, 0.717) is 24.0 Å². The molecule has 0 atom stereocenters. The van der Waals surface area contributed by atoms with Crippen LogP contribution in [0.4, 0.5) is 23.1 Å². The van der Waals surface area contributed by atoms with E-state index >= 15 is 0 Å². The van der Waals surface area contributed by atoms with Gasteiger partial charge in [-0.05, 0) is 68.1 Å². The molecule has 12 heteroatoms. The molecule has 2 aromatic carbocycles. The number of benzene rings is 2. The van der Waals surface area contributed by atoms with Crippen LogP contribution < -0.4 is 15.4 Å². The van der Waals surface area contributed by atoms with E-state index in [0.717, 1.165) is 36.1 Å². The molecule has 198 valence electrons. The molecule has 3 N–H and O–H groups in total. The lowest BCUT2D eigenvalue weighted by atomic mass is 10.2. The summed E-state index contributed by atoms with van der Waals surface area (Å²) in [5.74, 6) is 0.970. The lowest BCUT2D eigenvalue weighted by Crippen LogP contribution is -2.27. The van der Waals surface area contributed by atoms with Crippen molar-refractivity contribution in [3.8, 4) is 0 Å². The Kier molecular flexibility index (Phi) is 8.12. The summed E-state index contributed by atoms with van der Waals surface area (Å²) in [5.41, 5.74) is 3.16. The second-order valence-corrected chi connectivity index (χ2v) is 13.2. The molecule has 1 aliphatic rings. The number of hydrogen-bond donors (Lipinski definition) is 3. The summed E-state index contributed by atoms with van der Waals surface area (Å²) in [7, 11) is -5.17. The molecule has 10 nitrogen and oxygen atoms in total. The number of hydrogen-bond acceptors (Lipinski definition) is 8. The second-order valence-electron chi connectivity index (χ2n) is 9.09. The van der Waals surface area contributed by atoms with Gasteiger partial charge in [0.05, 0.1) is 10.1 Å². The fraction of sp³-hybridized carbons (Fsp3) is 0.360. The maximum absolute atomic E-state index is 12.6. The molecular weight excluding hydrogens is 512 g/mol. The monoisotopic (exact) mass is 544 g/mol. The van der Waals surface area contributed by atoms with Gasteiger partial charge < -0.3 is 10.6 Å². The highest BCUT2D eigenvalue weighted by Crippen LogP contribution is 2.28. The third kappa shape index (κ3) is 6.83. The number of nitrogens with zero attached hydrogens (tertiary/aromatic N) is 3. The number of aromatic nitrogens is 2. The minimum atomic E-state index is -3.52. The zero-order valence-corrected chi connectivity index (χ0v) is 22.7. The van der Waals surface area contributed by atoms with E-state index in [2.05, 4.69) is 25.3 Å². The average Bonchev–Trinajstić information content (AvgIpc) is 3.73. The highest BCUT2D eigenvalue weighted by atomic mass is 32.2. The molecule has 0 unspecified atom stereocenters. The first kappa shape index (κ1) is 27.0. The van der Waals surface area contributed by atoms with E-state index in [1.165, 1.54) is 4.31 Å². The van der Waals surface area contributed by atoms with Gasteiger partial charge in [0.2, 0.25) is 26.0 Å². The zero-order valence-electron chi connectivity index (χ0n) is 21.1. The van der Waals surface area contributed by atoms with Crippen molar-refractivity contribution in [2.75, 3.05) is 24.2 Å². The van der Waals surface area contributed by atoms with Crippen molar-refractivity contribution < 1.29 is 16.8 Å². The van der Waals surface area contributed by atoms with Gasteiger partial charge in [0.25, 0.3) is 0 Å². The molecule has 4 rings (SSSR count). The zero-order chi connectivity index (χ0) is 26.6. The first-order chi connectivity index (χ1) is 17.6. The molecule has 3 aromatic rings. The number of anilines is 4. The Balaban J connectivity index is 1.40. The highest BCUT2D eigenvalue weighted by Gasteiger charge is 2.35. The number of aryl methyl sites for hydroxylation is 1. The van der Waals surface area contributed by atoms with Crippen molar-refractivity contribution in [1.29, 1.82) is 0 Å². The maximum atomic E-state index is 12.6. The molecule has 1 heterocycles. The normalized spacial score (nSPS) is 14.1. The van der Waals surface area contributed by atoms with Gasteiger partial charge in [-0.25, -0.2) is 30.8 Å². The number of sulfonamides is 2. The summed E-state index contributed by atoms with van der Waals surface area (Å²) in [6, 6.07) is 13.9. The fourth-order valence-electron chi connectivity index (χ4n) is 3.61. The summed E-state index contributed by atoms with van der Waals surface area (Å²) < 4.78 is 53.3. The first-order valence-electron chi connectivity index (χ1n) is 12.1. The van der Waals surface area contributed by atoms with Gasteiger partial charge in [0.15, 0.2) is 0 Å². The van der Waals surface area contributed by atoms with Gasteiger partial charge in [0.1, 0.15) is 5.82 Å². The molecule has 0 aliphatic heterocycles. The van der Waals surface area contributed by atoms with Gasteiger partial charge >= 0.3 is 0 Å². The Morgan fingerprint density at radius 2 is 1.57 bits per heavy atom. The molecule has 1 aromatic heterocycles. The molecule has 0 amide bonds. The van der Waals surface area contributed by atoms with E-state index in [1.54, 1.807) is 37.5 Å². The minimum absolute atomic E-state index is 0.227. The Morgan fingerprint density at radius 3 is 2.19 bits per heavy atom. The topological polar surface area (TPSA) is 133 Å². The van der Waals surface area contributed by atoms with E-state index in [4.69, 9.17) is 0 Å². The van der Waals surface area contributed by atoms with E-state index in [9.17, 15) is 16.8 Å². The third-order valence-electron chi connectivity index (χ3n) is 5.99. The Morgan fingerprint density at radius 1 is 0.946 bits per heavy atom. The summed E-state index contributed by atoms with van der Waals surface area (Å²) >= 11 is 0. The van der Waals surface area contributed by atoms with Crippen LogP contribution in [0.3, 0.4) is 0 Å². The van der Waals surface area contributed by atoms with Crippen molar-refractivity contribution in [2.24, 2.45) is 0 Å². The maximum Gasteiger partial charge on any atom is 0.242 e. The average molecular weight is 545 g/mol. The summed E-state index contributed by atoms with van der Waals surface area (Å²) in [4.78, 5) is 9.11. The molecule has 1 fully saturated rings. The SMILES string of the molecule is CCCN(C)S(=O)(=O)c1ccc(Nc2ncc(C)c(Nc3ccc(CNS(=O)(=O)C4CC4)cc3)n2)cc1. The van der Waals surface area contributed by atoms with Crippen LogP contribution in [0.1, 0.15) is 37.3 Å². The Hall–Kier alpha value is -3.06. The number of nitrogens with one attached hydrogen (secondary N) is 3. The van der Waals surface area contributed by atoms with Crippen molar-refractivity contribution in [3.63, 3.8) is 0 Å². The lowest BCUT2D eigenvalue weighted by molar-refractivity contribution is 0.468. The van der Waals surface area contributed by atoms with Crippen LogP contribution in [-0.2, 0) is 26.6 Å². The molecule has 0 radical (unpaired) electrons. The predicted octanol–water partition coefficient (Wildman–Crippen LogP) is 3.88. The van der Waals surface area contributed by atoms with Crippen LogP contribution in [0, 0.1) is 6.92 Å². The number of rotatable bonds is 12. The van der Waals surface area contributed by atoms with E-state index in [1.807, 2.05) is 38.1 Å². The molecule has 0 saturated heterocycles. The van der Waals surface area contributed by atoms with Crippen LogP contribution in [-0.4, -0.2) is 50.0 Å². The van der Waals surface area contributed by atoms with Crippen LogP contribution in [0.25, 0.3) is 0 Å². The first-order valence-corrected chi connectivity index (χ1v) is 15.1. The predicted molar refractivity (Wildman–Crippen MR) is 145 cm³/mol. The molecule has 0 spiro atoms. The molecule has 1 aliphatic carbocycles. The largest absolute Gasteiger partial charge is 0.340 e. The lowest BCUT2D eigenvalue weighted by Gasteiger charge is -2.16. The Bertz CT molecular complexity index is 1440. The summed E-state index contributed by atoms with van der Waals surface area (Å²) in [6.45, 7) is 4.53. The van der Waals surface area contributed by atoms with Gasteiger partial charge in [-0.3, -0.25) is 0 Å². The van der Waals surface area contributed by atoms with Gasteiger partial charge in [-0.15, -0.1) is 0 Å². The molecule has 0 bridgehead atoms. The van der Waals surface area contributed by atoms with Gasteiger partial charge in [0, 0.05) is 43.3 Å². The van der Waals surface area contributed by atoms with Crippen molar-refractivity contribution in [3.05, 3.63) is 65.9 Å². The quantitative estimate of drug-likeness (QED) is 0.313. The molecule has 37 heavy (non-hydrogen) atoms. The van der Waals surface area contributed by atoms with Crippen LogP contribution in [0.5, 0.6) is 0 Å².